The smallest absolute Gasteiger partial charge is 0.234 e. The predicted molar refractivity (Wildman–Crippen MR) is 115 cm³/mol. The van der Waals surface area contributed by atoms with E-state index in [9.17, 15) is 9.59 Å². The third-order valence-electron chi connectivity index (χ3n) is 5.97. The molecule has 1 aliphatic heterocycles. The highest BCUT2D eigenvalue weighted by Crippen LogP contribution is 2.42. The van der Waals surface area contributed by atoms with E-state index in [4.69, 9.17) is 5.73 Å². The summed E-state index contributed by atoms with van der Waals surface area (Å²) >= 11 is 0. The molecule has 0 spiro atoms. The minimum atomic E-state index is -0.286. The van der Waals surface area contributed by atoms with E-state index < -0.39 is 0 Å². The summed E-state index contributed by atoms with van der Waals surface area (Å²) in [5, 5.41) is 3.26. The molecule has 2 fully saturated rings. The lowest BCUT2D eigenvalue weighted by atomic mass is 9.68. The van der Waals surface area contributed by atoms with Crippen molar-refractivity contribution in [1.82, 2.24) is 4.90 Å². The average molecular weight is 387 g/mol. The Bertz CT molecular complexity index is 656. The van der Waals surface area contributed by atoms with Crippen molar-refractivity contribution in [3.05, 3.63) is 29.8 Å². The molecule has 1 aliphatic carbocycles. The number of hydrogen-bond acceptors (Lipinski definition) is 4. The standard InChI is InChI=1S/C19H28N2O.C3H6N2O/c1-20-18-8-4-3-7-17(18)19(15-22)11-9-16(10-12-19)21-13-5-2-6-14-21;1-3(4)5-2-6/h3-4,7-8,15-16,20H,2,5-6,9-14H2,1H3;2H,1H3,(H2,4,5,6). The zero-order chi connectivity index (χ0) is 20.4. The molecule has 3 rings (SSSR count). The Balaban J connectivity index is 0.000000409. The molecule has 3 N–H and O–H groups in total. The number of nitrogens with two attached hydrogens (primary N) is 1. The Kier molecular flexibility index (Phi) is 8.64. The van der Waals surface area contributed by atoms with Crippen LogP contribution in [0.25, 0.3) is 0 Å². The van der Waals surface area contributed by atoms with Crippen molar-refractivity contribution in [3.63, 3.8) is 0 Å². The number of likely N-dealkylation sites (tertiary alicyclic amines) is 1. The van der Waals surface area contributed by atoms with Crippen LogP contribution < -0.4 is 11.1 Å². The van der Waals surface area contributed by atoms with Crippen LogP contribution in [-0.2, 0) is 15.0 Å². The van der Waals surface area contributed by atoms with Gasteiger partial charge in [0.25, 0.3) is 0 Å². The van der Waals surface area contributed by atoms with Gasteiger partial charge in [-0.1, -0.05) is 24.6 Å². The van der Waals surface area contributed by atoms with Crippen LogP contribution in [0, 0.1) is 0 Å². The van der Waals surface area contributed by atoms with Crippen LogP contribution in [0.3, 0.4) is 0 Å². The number of amides is 1. The highest BCUT2D eigenvalue weighted by Gasteiger charge is 2.39. The molecule has 0 radical (unpaired) electrons. The van der Waals surface area contributed by atoms with Gasteiger partial charge in [0.15, 0.2) is 0 Å². The topological polar surface area (TPSA) is 87.8 Å². The van der Waals surface area contributed by atoms with E-state index in [1.807, 2.05) is 13.1 Å². The van der Waals surface area contributed by atoms with Gasteiger partial charge < -0.3 is 20.7 Å². The van der Waals surface area contributed by atoms with Gasteiger partial charge in [0.1, 0.15) is 6.29 Å². The number of piperidine rings is 1. The summed E-state index contributed by atoms with van der Waals surface area (Å²) in [6, 6.07) is 8.99. The molecule has 1 saturated carbocycles. The SMILES string of the molecule is CC(N)=NC=O.CNc1ccccc1C1(C=O)CCC(N2CCCCC2)CC1. The third kappa shape index (κ3) is 5.64. The van der Waals surface area contributed by atoms with Gasteiger partial charge in [-0.05, 0) is 70.2 Å². The van der Waals surface area contributed by atoms with Crippen LogP contribution >= 0.6 is 0 Å². The lowest BCUT2D eigenvalue weighted by molar-refractivity contribution is -0.114. The van der Waals surface area contributed by atoms with E-state index in [0.29, 0.717) is 18.3 Å². The summed E-state index contributed by atoms with van der Waals surface area (Å²) in [5.74, 6) is 0.296. The first kappa shape index (κ1) is 22.1. The van der Waals surface area contributed by atoms with E-state index in [2.05, 4.69) is 33.4 Å². The van der Waals surface area contributed by atoms with Gasteiger partial charge >= 0.3 is 0 Å². The fourth-order valence-corrected chi connectivity index (χ4v) is 4.44. The maximum Gasteiger partial charge on any atom is 0.234 e. The minimum Gasteiger partial charge on any atom is -0.388 e. The molecule has 0 atom stereocenters. The van der Waals surface area contributed by atoms with Crippen molar-refractivity contribution >= 4 is 24.2 Å². The van der Waals surface area contributed by atoms with Gasteiger partial charge in [0, 0.05) is 18.8 Å². The van der Waals surface area contributed by atoms with E-state index in [-0.39, 0.29) is 5.41 Å². The number of amidine groups is 1. The highest BCUT2D eigenvalue weighted by molar-refractivity contribution is 5.83. The lowest BCUT2D eigenvalue weighted by Crippen LogP contribution is -2.45. The molecule has 0 bridgehead atoms. The molecule has 6 nitrogen and oxygen atoms in total. The van der Waals surface area contributed by atoms with Crippen LogP contribution in [0.5, 0.6) is 0 Å². The molecule has 28 heavy (non-hydrogen) atoms. The summed E-state index contributed by atoms with van der Waals surface area (Å²) in [4.78, 5) is 27.1. The van der Waals surface area contributed by atoms with Gasteiger partial charge in [0.2, 0.25) is 6.41 Å². The number of aliphatic imine (C=N–C) groups is 1. The third-order valence-corrected chi connectivity index (χ3v) is 5.97. The number of nitrogens with zero attached hydrogens (tertiary/aromatic N) is 2. The summed E-state index contributed by atoms with van der Waals surface area (Å²) in [6.07, 6.45) is 9.97. The monoisotopic (exact) mass is 386 g/mol. The number of rotatable bonds is 5. The van der Waals surface area contributed by atoms with Crippen LogP contribution in [0.4, 0.5) is 5.69 Å². The molecule has 1 amide bonds. The van der Waals surface area contributed by atoms with Crippen LogP contribution in [0.15, 0.2) is 29.3 Å². The first-order chi connectivity index (χ1) is 13.6. The first-order valence-electron chi connectivity index (χ1n) is 10.3. The second kappa shape index (κ2) is 11.0. The van der Waals surface area contributed by atoms with E-state index >= 15 is 0 Å². The Morgan fingerprint density at radius 2 is 1.82 bits per heavy atom. The molecular formula is C22H34N4O2. The molecular weight excluding hydrogens is 352 g/mol. The first-order valence-corrected chi connectivity index (χ1v) is 10.3. The summed E-state index contributed by atoms with van der Waals surface area (Å²) < 4.78 is 0. The minimum absolute atomic E-state index is 0.286. The van der Waals surface area contributed by atoms with Crippen molar-refractivity contribution in [1.29, 1.82) is 0 Å². The van der Waals surface area contributed by atoms with Crippen LogP contribution in [-0.4, -0.2) is 49.6 Å². The number of benzene rings is 1. The van der Waals surface area contributed by atoms with Gasteiger partial charge in [0.05, 0.1) is 11.3 Å². The fraction of sp³-hybridized carbons (Fsp3) is 0.591. The number of anilines is 1. The Morgan fingerprint density at radius 1 is 1.18 bits per heavy atom. The van der Waals surface area contributed by atoms with Gasteiger partial charge in [-0.15, -0.1) is 0 Å². The number of nitrogens with one attached hydrogen (secondary N) is 1. The maximum atomic E-state index is 12.0. The van der Waals surface area contributed by atoms with E-state index in [1.54, 1.807) is 6.92 Å². The predicted octanol–water partition coefficient (Wildman–Crippen LogP) is 3.11. The van der Waals surface area contributed by atoms with Gasteiger partial charge in [-0.25, -0.2) is 4.99 Å². The largest absolute Gasteiger partial charge is 0.388 e. The molecule has 1 aromatic rings. The molecule has 0 unspecified atom stereocenters. The number of para-hydroxylation sites is 1. The molecule has 2 aliphatic rings. The number of hydrogen-bond donors (Lipinski definition) is 2. The normalized spacial score (nSPS) is 25.9. The number of aldehydes is 1. The fourth-order valence-electron chi connectivity index (χ4n) is 4.44. The molecule has 1 saturated heterocycles. The van der Waals surface area contributed by atoms with Gasteiger partial charge in [-0.3, -0.25) is 4.79 Å². The average Bonchev–Trinajstić information content (AvgIpc) is 2.75. The second-order valence-corrected chi connectivity index (χ2v) is 7.77. The molecule has 154 valence electrons. The summed E-state index contributed by atoms with van der Waals surface area (Å²) in [7, 11) is 1.94. The molecule has 6 heteroatoms. The number of carbonyl (C=O) groups excluding carboxylic acids is 2. The van der Waals surface area contributed by atoms with E-state index in [0.717, 1.165) is 31.4 Å². The second-order valence-electron chi connectivity index (χ2n) is 7.77. The van der Waals surface area contributed by atoms with Crippen molar-refractivity contribution in [2.45, 2.75) is 63.3 Å². The Hall–Kier alpha value is -2.21. The van der Waals surface area contributed by atoms with Crippen LogP contribution in [0.1, 0.15) is 57.4 Å². The van der Waals surface area contributed by atoms with Crippen molar-refractivity contribution in [2.75, 3.05) is 25.5 Å². The molecule has 1 heterocycles. The summed E-state index contributed by atoms with van der Waals surface area (Å²) in [6.45, 7) is 4.06. The Morgan fingerprint density at radius 3 is 2.32 bits per heavy atom. The summed E-state index contributed by atoms with van der Waals surface area (Å²) in [5.41, 5.74) is 6.92. The molecule has 0 aromatic heterocycles. The maximum absolute atomic E-state index is 12.0. The van der Waals surface area contributed by atoms with E-state index in [1.165, 1.54) is 44.2 Å². The number of carbonyl (C=O) groups is 2. The molecule has 1 aromatic carbocycles. The quantitative estimate of drug-likeness (QED) is 0.461. The van der Waals surface area contributed by atoms with Gasteiger partial charge in [-0.2, -0.15) is 0 Å². The van der Waals surface area contributed by atoms with Crippen molar-refractivity contribution in [2.24, 2.45) is 10.7 Å². The highest BCUT2D eigenvalue weighted by atomic mass is 16.1. The Labute approximate surface area is 168 Å². The zero-order valence-corrected chi connectivity index (χ0v) is 17.2. The van der Waals surface area contributed by atoms with Crippen molar-refractivity contribution in [3.8, 4) is 0 Å². The van der Waals surface area contributed by atoms with Crippen molar-refractivity contribution < 1.29 is 9.59 Å². The van der Waals surface area contributed by atoms with Crippen LogP contribution in [0.2, 0.25) is 0 Å². The lowest BCUT2D eigenvalue weighted by Gasteiger charge is -2.43. The zero-order valence-electron chi connectivity index (χ0n) is 17.2.